The first kappa shape index (κ1) is 19.6. The summed E-state index contributed by atoms with van der Waals surface area (Å²) in [6, 6.07) is 9.85. The number of hydrogen-bond donors (Lipinski definition) is 1. The van der Waals surface area contributed by atoms with Crippen LogP contribution in [0, 0.1) is 5.82 Å². The van der Waals surface area contributed by atoms with Gasteiger partial charge in [0.2, 0.25) is 0 Å². The van der Waals surface area contributed by atoms with Gasteiger partial charge in [-0.05, 0) is 37.3 Å². The second-order valence-corrected chi connectivity index (χ2v) is 5.38. The van der Waals surface area contributed by atoms with E-state index in [1.165, 1.54) is 37.3 Å². The van der Waals surface area contributed by atoms with Crippen molar-refractivity contribution < 1.29 is 31.8 Å². The molecule has 4 nitrogen and oxygen atoms in total. The zero-order valence-electron chi connectivity index (χ0n) is 13.8. The molecule has 1 N–H and O–H groups in total. The van der Waals surface area contributed by atoms with Crippen LogP contribution < -0.4 is 14.8 Å². The van der Waals surface area contributed by atoms with Crippen LogP contribution in [0.1, 0.15) is 12.5 Å². The summed E-state index contributed by atoms with van der Waals surface area (Å²) in [5.74, 6) is -0.669. The molecule has 0 spiro atoms. The third-order valence-electron chi connectivity index (χ3n) is 3.31. The molecule has 0 heterocycles. The predicted molar refractivity (Wildman–Crippen MR) is 86.4 cm³/mol. The van der Waals surface area contributed by atoms with Crippen LogP contribution in [0.25, 0.3) is 0 Å². The number of carbonyl (C=O) groups excluding carboxylic acids is 1. The van der Waals surface area contributed by atoms with Crippen molar-refractivity contribution in [3.05, 3.63) is 59.9 Å². The summed E-state index contributed by atoms with van der Waals surface area (Å²) in [7, 11) is 0. The summed E-state index contributed by atoms with van der Waals surface area (Å²) in [5, 5.41) is 2.53. The largest absolute Gasteiger partial charge is 0.492 e. The summed E-state index contributed by atoms with van der Waals surface area (Å²) in [5.41, 5.74) is -0.809. The van der Waals surface area contributed by atoms with E-state index in [4.69, 9.17) is 9.47 Å². The lowest BCUT2D eigenvalue weighted by Gasteiger charge is -2.15. The highest BCUT2D eigenvalue weighted by Gasteiger charge is 2.30. The fourth-order valence-electron chi connectivity index (χ4n) is 2.05. The molecule has 0 bridgehead atoms. The van der Waals surface area contributed by atoms with Crippen molar-refractivity contribution in [2.24, 2.45) is 0 Å². The van der Waals surface area contributed by atoms with Crippen molar-refractivity contribution in [2.75, 3.05) is 13.2 Å². The molecule has 0 radical (unpaired) electrons. The van der Waals surface area contributed by atoms with Crippen LogP contribution in [0.5, 0.6) is 11.5 Å². The lowest BCUT2D eigenvalue weighted by Crippen LogP contribution is -2.38. The number of nitrogens with one attached hydrogen (secondary N) is 1. The number of hydrogen-bond acceptors (Lipinski definition) is 3. The van der Waals surface area contributed by atoms with E-state index in [0.29, 0.717) is 0 Å². The van der Waals surface area contributed by atoms with Crippen LogP contribution in [0.4, 0.5) is 17.6 Å². The Bertz CT molecular complexity index is 749. The fraction of sp³-hybridized carbons (Fsp3) is 0.278. The van der Waals surface area contributed by atoms with Gasteiger partial charge in [0.15, 0.2) is 6.10 Å². The van der Waals surface area contributed by atoms with Crippen molar-refractivity contribution >= 4 is 5.91 Å². The molecule has 0 fully saturated rings. The molecule has 0 aliphatic rings. The molecule has 2 aromatic rings. The second-order valence-electron chi connectivity index (χ2n) is 5.38. The van der Waals surface area contributed by atoms with Crippen molar-refractivity contribution in [3.8, 4) is 11.5 Å². The lowest BCUT2D eigenvalue weighted by molar-refractivity contribution is -0.137. The molecule has 2 rings (SSSR count). The standard InChI is InChI=1S/C18H17F4NO3/c1-12(26-16-7-3-5-14(19)11-16)17(24)23-8-9-25-15-6-2-4-13(10-15)18(20,21)22/h2-7,10-12H,8-9H2,1H3,(H,23,24)/t12-/m1/s1. The van der Waals surface area contributed by atoms with Gasteiger partial charge in [-0.15, -0.1) is 0 Å². The zero-order valence-corrected chi connectivity index (χ0v) is 13.8. The molecule has 1 atom stereocenters. The van der Waals surface area contributed by atoms with E-state index in [1.807, 2.05) is 0 Å². The Morgan fingerprint density at radius 3 is 2.50 bits per heavy atom. The van der Waals surface area contributed by atoms with Crippen molar-refractivity contribution in [1.82, 2.24) is 5.32 Å². The maximum Gasteiger partial charge on any atom is 0.416 e. The van der Waals surface area contributed by atoms with Gasteiger partial charge in [0, 0.05) is 6.07 Å². The normalized spacial score (nSPS) is 12.3. The number of alkyl halides is 3. The molecule has 0 aliphatic heterocycles. The van der Waals surface area contributed by atoms with Gasteiger partial charge in [-0.25, -0.2) is 4.39 Å². The smallest absolute Gasteiger partial charge is 0.416 e. The molecular formula is C18H17F4NO3. The summed E-state index contributed by atoms with van der Waals surface area (Å²) < 4.78 is 61.4. The lowest BCUT2D eigenvalue weighted by atomic mass is 10.2. The molecule has 26 heavy (non-hydrogen) atoms. The van der Waals surface area contributed by atoms with E-state index in [9.17, 15) is 22.4 Å². The fourth-order valence-corrected chi connectivity index (χ4v) is 2.05. The molecule has 0 aromatic heterocycles. The van der Waals surface area contributed by atoms with Gasteiger partial charge in [0.05, 0.1) is 12.1 Å². The zero-order chi connectivity index (χ0) is 19.2. The Balaban J connectivity index is 1.76. The number of ether oxygens (including phenoxy) is 2. The third kappa shape index (κ3) is 5.94. The first-order valence-electron chi connectivity index (χ1n) is 7.75. The van der Waals surface area contributed by atoms with Gasteiger partial charge < -0.3 is 14.8 Å². The highest BCUT2D eigenvalue weighted by atomic mass is 19.4. The highest BCUT2D eigenvalue weighted by Crippen LogP contribution is 2.31. The van der Waals surface area contributed by atoms with Gasteiger partial charge in [-0.2, -0.15) is 13.2 Å². The summed E-state index contributed by atoms with van der Waals surface area (Å²) in [6.07, 6.45) is -5.32. The van der Waals surface area contributed by atoms with Gasteiger partial charge in [-0.1, -0.05) is 12.1 Å². The average Bonchev–Trinajstić information content (AvgIpc) is 2.58. The SMILES string of the molecule is C[C@@H](Oc1cccc(F)c1)C(=O)NCCOc1cccc(C(F)(F)F)c1. The van der Waals surface area contributed by atoms with E-state index >= 15 is 0 Å². The van der Waals surface area contributed by atoms with Gasteiger partial charge in [0.25, 0.3) is 5.91 Å². The van der Waals surface area contributed by atoms with Crippen LogP contribution in [0.2, 0.25) is 0 Å². The van der Waals surface area contributed by atoms with E-state index in [0.717, 1.165) is 18.2 Å². The van der Waals surface area contributed by atoms with Crippen LogP contribution in [-0.2, 0) is 11.0 Å². The van der Waals surface area contributed by atoms with E-state index < -0.39 is 29.6 Å². The number of carbonyl (C=O) groups is 1. The van der Waals surface area contributed by atoms with Crippen LogP contribution in [-0.4, -0.2) is 25.2 Å². The van der Waals surface area contributed by atoms with Gasteiger partial charge >= 0.3 is 6.18 Å². The number of benzene rings is 2. The molecule has 1 amide bonds. The van der Waals surface area contributed by atoms with Crippen molar-refractivity contribution in [1.29, 1.82) is 0 Å². The van der Waals surface area contributed by atoms with E-state index in [2.05, 4.69) is 5.32 Å². The Morgan fingerprint density at radius 1 is 1.12 bits per heavy atom. The average molecular weight is 371 g/mol. The van der Waals surface area contributed by atoms with Crippen molar-refractivity contribution in [2.45, 2.75) is 19.2 Å². The van der Waals surface area contributed by atoms with E-state index in [1.54, 1.807) is 0 Å². The Morgan fingerprint density at radius 2 is 1.81 bits per heavy atom. The Labute approximate surface area is 147 Å². The molecule has 0 saturated heterocycles. The molecule has 0 unspecified atom stereocenters. The van der Waals surface area contributed by atoms with E-state index in [-0.39, 0.29) is 24.7 Å². The third-order valence-corrected chi connectivity index (χ3v) is 3.31. The number of halogens is 4. The molecule has 8 heteroatoms. The monoisotopic (exact) mass is 371 g/mol. The van der Waals surface area contributed by atoms with Crippen LogP contribution in [0.15, 0.2) is 48.5 Å². The molecule has 0 aliphatic carbocycles. The minimum absolute atomic E-state index is 0.0142. The molecular weight excluding hydrogens is 354 g/mol. The van der Waals surface area contributed by atoms with Crippen LogP contribution in [0.3, 0.4) is 0 Å². The highest BCUT2D eigenvalue weighted by molar-refractivity contribution is 5.80. The van der Waals surface area contributed by atoms with Crippen molar-refractivity contribution in [3.63, 3.8) is 0 Å². The summed E-state index contributed by atoms with van der Waals surface area (Å²) in [6.45, 7) is 1.56. The topological polar surface area (TPSA) is 47.6 Å². The first-order chi connectivity index (χ1) is 12.3. The molecule has 2 aromatic carbocycles. The molecule has 140 valence electrons. The quantitative estimate of drug-likeness (QED) is 0.595. The predicted octanol–water partition coefficient (Wildman–Crippen LogP) is 3.81. The Kier molecular flexibility index (Phi) is 6.43. The first-order valence-corrected chi connectivity index (χ1v) is 7.75. The second kappa shape index (κ2) is 8.55. The minimum Gasteiger partial charge on any atom is -0.492 e. The van der Waals surface area contributed by atoms with Crippen LogP contribution >= 0.6 is 0 Å². The number of amides is 1. The molecule has 0 saturated carbocycles. The van der Waals surface area contributed by atoms with Gasteiger partial charge in [-0.3, -0.25) is 4.79 Å². The summed E-state index contributed by atoms with van der Waals surface area (Å²) in [4.78, 5) is 11.9. The summed E-state index contributed by atoms with van der Waals surface area (Å²) >= 11 is 0. The maximum atomic E-state index is 13.1. The number of rotatable bonds is 7. The maximum absolute atomic E-state index is 13.1. The van der Waals surface area contributed by atoms with Gasteiger partial charge in [0.1, 0.15) is 23.9 Å². The Hall–Kier alpha value is -2.77. The minimum atomic E-state index is -4.45.